The molecule has 1 aliphatic rings. The molecule has 2 atom stereocenters. The van der Waals surface area contributed by atoms with E-state index in [0.29, 0.717) is 29.4 Å². The molecule has 0 radical (unpaired) electrons. The van der Waals surface area contributed by atoms with Crippen molar-refractivity contribution in [1.29, 1.82) is 0 Å². The van der Waals surface area contributed by atoms with Crippen molar-refractivity contribution in [2.45, 2.75) is 38.3 Å². The summed E-state index contributed by atoms with van der Waals surface area (Å²) < 4.78 is 20.6. The van der Waals surface area contributed by atoms with Gasteiger partial charge < -0.3 is 31.0 Å². The van der Waals surface area contributed by atoms with E-state index < -0.39 is 23.8 Å². The number of primary amides is 1. The minimum atomic E-state index is -1.15. The molecule has 12 heteroatoms. The highest BCUT2D eigenvalue weighted by Crippen LogP contribution is 2.37. The second kappa shape index (κ2) is 12.8. The molecule has 2 aromatic carbocycles. The first-order valence-corrected chi connectivity index (χ1v) is 13.6. The summed E-state index contributed by atoms with van der Waals surface area (Å²) in [5, 5.41) is 2.96. The molecule has 1 aliphatic heterocycles. The number of nitrogens with two attached hydrogens (primary N) is 2. The summed E-state index contributed by atoms with van der Waals surface area (Å²) in [6, 6.07) is 11.2. The van der Waals surface area contributed by atoms with Gasteiger partial charge in [-0.25, -0.2) is 0 Å². The Morgan fingerprint density at radius 1 is 1.15 bits per heavy atom. The standard InChI is InChI=1S/C28H33N5O6S/c1-4-16-7-10-18(11-8-16)33(28(36)25-22(29)23(26(30)34)32-40-25)24(27(35)31-15-19-6-5-13-39-19)17-9-12-20(37-2)21(14-17)38-3/h7-12,14,19,24H,4-6,13,15,29H2,1-3H3,(H2,30,34)(H,31,35)/t19-,24-/m1/s1. The van der Waals surface area contributed by atoms with E-state index in [0.717, 1.165) is 36.4 Å². The lowest BCUT2D eigenvalue weighted by atomic mass is 10.0. The third kappa shape index (κ3) is 6.02. The van der Waals surface area contributed by atoms with Gasteiger partial charge in [-0.1, -0.05) is 25.1 Å². The Morgan fingerprint density at radius 2 is 1.88 bits per heavy atom. The predicted molar refractivity (Wildman–Crippen MR) is 152 cm³/mol. The predicted octanol–water partition coefficient (Wildman–Crippen LogP) is 3.09. The molecule has 11 nitrogen and oxygen atoms in total. The van der Waals surface area contributed by atoms with E-state index in [9.17, 15) is 14.4 Å². The van der Waals surface area contributed by atoms with E-state index in [2.05, 4.69) is 9.69 Å². The van der Waals surface area contributed by atoms with Gasteiger partial charge in [-0.05, 0) is 66.2 Å². The molecule has 5 N–H and O–H groups in total. The SMILES string of the molecule is CCc1ccc(N(C(=O)c2snc(C(N)=O)c2N)[C@@H](C(=O)NC[C@H]2CCCO2)c2ccc(OC)c(OC)c2)cc1. The summed E-state index contributed by atoms with van der Waals surface area (Å²) in [6.45, 7) is 2.95. The van der Waals surface area contributed by atoms with Crippen LogP contribution in [0.2, 0.25) is 0 Å². The summed E-state index contributed by atoms with van der Waals surface area (Å²) in [4.78, 5) is 41.4. The maximum Gasteiger partial charge on any atom is 0.273 e. The lowest BCUT2D eigenvalue weighted by Gasteiger charge is -2.32. The molecule has 1 saturated heterocycles. The van der Waals surface area contributed by atoms with Gasteiger partial charge in [0.25, 0.3) is 11.8 Å². The molecule has 1 aromatic heterocycles. The zero-order valence-electron chi connectivity index (χ0n) is 22.6. The average Bonchev–Trinajstić information content (AvgIpc) is 3.63. The minimum absolute atomic E-state index is 0.00855. The zero-order valence-corrected chi connectivity index (χ0v) is 23.5. The number of nitrogen functional groups attached to an aromatic ring is 1. The number of carbonyl (C=O) groups is 3. The number of nitrogens with zero attached hydrogens (tertiary/aromatic N) is 2. The van der Waals surface area contributed by atoms with E-state index in [1.165, 1.54) is 19.1 Å². The topological polar surface area (TPSA) is 159 Å². The van der Waals surface area contributed by atoms with Crippen LogP contribution >= 0.6 is 11.5 Å². The van der Waals surface area contributed by atoms with Crippen LogP contribution in [0.5, 0.6) is 11.5 Å². The van der Waals surface area contributed by atoms with Crippen LogP contribution in [0.1, 0.15) is 57.1 Å². The van der Waals surface area contributed by atoms with Crippen LogP contribution < -0.4 is 31.2 Å². The molecule has 0 aliphatic carbocycles. The van der Waals surface area contributed by atoms with Crippen molar-refractivity contribution in [3.63, 3.8) is 0 Å². The molecule has 3 aromatic rings. The monoisotopic (exact) mass is 567 g/mol. The van der Waals surface area contributed by atoms with Crippen molar-refractivity contribution < 1.29 is 28.6 Å². The van der Waals surface area contributed by atoms with Crippen LogP contribution in [-0.2, 0) is 16.0 Å². The van der Waals surface area contributed by atoms with Gasteiger partial charge in [0.2, 0.25) is 5.91 Å². The molecule has 0 spiro atoms. The number of methoxy groups -OCH3 is 2. The molecule has 0 unspecified atom stereocenters. The van der Waals surface area contributed by atoms with Gasteiger partial charge in [0.15, 0.2) is 17.2 Å². The van der Waals surface area contributed by atoms with Gasteiger partial charge >= 0.3 is 0 Å². The van der Waals surface area contributed by atoms with Crippen molar-refractivity contribution in [3.05, 3.63) is 64.2 Å². The van der Waals surface area contributed by atoms with Crippen molar-refractivity contribution in [2.75, 3.05) is 38.0 Å². The Kier molecular flexibility index (Phi) is 9.22. The molecular weight excluding hydrogens is 534 g/mol. The fourth-order valence-corrected chi connectivity index (χ4v) is 5.31. The molecule has 0 bridgehead atoms. The number of benzene rings is 2. The smallest absolute Gasteiger partial charge is 0.273 e. The number of rotatable bonds is 11. The van der Waals surface area contributed by atoms with E-state index in [1.54, 1.807) is 30.3 Å². The number of carbonyl (C=O) groups excluding carboxylic acids is 3. The van der Waals surface area contributed by atoms with Crippen LogP contribution in [0.4, 0.5) is 11.4 Å². The van der Waals surface area contributed by atoms with Crippen LogP contribution in [0.3, 0.4) is 0 Å². The highest BCUT2D eigenvalue weighted by atomic mass is 32.1. The van der Waals surface area contributed by atoms with E-state index in [4.69, 9.17) is 25.7 Å². The maximum atomic E-state index is 14.2. The molecule has 40 heavy (non-hydrogen) atoms. The highest BCUT2D eigenvalue weighted by Gasteiger charge is 2.37. The average molecular weight is 568 g/mol. The van der Waals surface area contributed by atoms with Gasteiger partial charge in [0.1, 0.15) is 10.9 Å². The summed E-state index contributed by atoms with van der Waals surface area (Å²) >= 11 is 0.752. The van der Waals surface area contributed by atoms with Gasteiger partial charge in [-0.15, -0.1) is 0 Å². The second-order valence-electron chi connectivity index (χ2n) is 9.23. The number of hydrogen-bond donors (Lipinski definition) is 3. The van der Waals surface area contributed by atoms with Gasteiger partial charge in [0, 0.05) is 18.8 Å². The number of amides is 3. The maximum absolute atomic E-state index is 14.2. The van der Waals surface area contributed by atoms with E-state index >= 15 is 0 Å². The summed E-state index contributed by atoms with van der Waals surface area (Å²) in [6.07, 6.45) is 2.42. The van der Waals surface area contributed by atoms with Crippen LogP contribution in [0.25, 0.3) is 0 Å². The number of hydrogen-bond acceptors (Lipinski definition) is 9. The molecule has 0 saturated carbocycles. The molecular formula is C28H33N5O6S. The van der Waals surface area contributed by atoms with E-state index in [1.807, 2.05) is 19.1 Å². The van der Waals surface area contributed by atoms with Crippen molar-refractivity contribution in [3.8, 4) is 11.5 Å². The highest BCUT2D eigenvalue weighted by molar-refractivity contribution is 7.09. The normalized spacial score (nSPS) is 15.3. The summed E-state index contributed by atoms with van der Waals surface area (Å²) in [5.41, 5.74) is 13.2. The molecule has 1 fully saturated rings. The minimum Gasteiger partial charge on any atom is -0.493 e. The van der Waals surface area contributed by atoms with Crippen molar-refractivity contribution >= 4 is 40.6 Å². The first-order chi connectivity index (χ1) is 19.3. The van der Waals surface area contributed by atoms with Crippen LogP contribution in [0.15, 0.2) is 42.5 Å². The first kappa shape index (κ1) is 28.8. The molecule has 3 amide bonds. The Labute approximate surface area is 236 Å². The number of aromatic nitrogens is 1. The first-order valence-electron chi connectivity index (χ1n) is 12.9. The van der Waals surface area contributed by atoms with Crippen molar-refractivity contribution in [2.24, 2.45) is 5.73 Å². The third-order valence-corrected chi connectivity index (χ3v) is 7.61. The fourth-order valence-electron chi connectivity index (χ4n) is 4.57. The molecule has 212 valence electrons. The summed E-state index contributed by atoms with van der Waals surface area (Å²) in [5.74, 6) is -1.04. The van der Waals surface area contributed by atoms with E-state index in [-0.39, 0.29) is 28.9 Å². The Bertz CT molecular complexity index is 1370. The van der Waals surface area contributed by atoms with Gasteiger partial charge in [-0.3, -0.25) is 19.3 Å². The Balaban J connectivity index is 1.85. The number of ether oxygens (including phenoxy) is 3. The third-order valence-electron chi connectivity index (χ3n) is 6.75. The van der Waals surface area contributed by atoms with Crippen LogP contribution in [0, 0.1) is 0 Å². The fraction of sp³-hybridized carbons (Fsp3) is 0.357. The number of nitrogens with one attached hydrogen (secondary N) is 1. The van der Waals surface area contributed by atoms with Crippen molar-refractivity contribution in [1.82, 2.24) is 9.69 Å². The molecule has 4 rings (SSSR count). The van der Waals surface area contributed by atoms with Gasteiger partial charge in [-0.2, -0.15) is 4.37 Å². The van der Waals surface area contributed by atoms with Gasteiger partial charge in [0.05, 0.1) is 26.0 Å². The largest absolute Gasteiger partial charge is 0.493 e. The zero-order chi connectivity index (χ0) is 28.8. The Morgan fingerprint density at radius 3 is 2.45 bits per heavy atom. The van der Waals surface area contributed by atoms with Crippen LogP contribution in [-0.4, -0.2) is 55.6 Å². The lowest BCUT2D eigenvalue weighted by Crippen LogP contribution is -2.45. The Hall–Kier alpha value is -4.16. The number of anilines is 2. The quantitative estimate of drug-likeness (QED) is 0.319. The molecule has 2 heterocycles. The number of aryl methyl sites for hydroxylation is 1. The second-order valence-corrected chi connectivity index (χ2v) is 10.0. The lowest BCUT2D eigenvalue weighted by molar-refractivity contribution is -0.123. The summed E-state index contributed by atoms with van der Waals surface area (Å²) in [7, 11) is 3.00.